The van der Waals surface area contributed by atoms with Crippen LogP contribution in [0.3, 0.4) is 0 Å². The van der Waals surface area contributed by atoms with Crippen LogP contribution in [0.25, 0.3) is 0 Å². The summed E-state index contributed by atoms with van der Waals surface area (Å²) in [5, 5.41) is 6.46. The number of nitrogens with zero attached hydrogens (tertiary/aromatic N) is 2. The van der Waals surface area contributed by atoms with Gasteiger partial charge in [0.2, 0.25) is 0 Å². The summed E-state index contributed by atoms with van der Waals surface area (Å²) in [6.45, 7) is 0. The zero-order valence-corrected chi connectivity index (χ0v) is 9.64. The van der Waals surface area contributed by atoms with Gasteiger partial charge < -0.3 is 5.01 Å². The third-order valence-corrected chi connectivity index (χ3v) is 2.13. The minimum Gasteiger partial charge on any atom is -0.303 e. The van der Waals surface area contributed by atoms with Crippen LogP contribution in [0.4, 0.5) is 0 Å². The third kappa shape index (κ3) is 3.44. The number of hydrogen-bond acceptors (Lipinski definition) is 3. The van der Waals surface area contributed by atoms with Crippen LogP contribution < -0.4 is 0 Å². The summed E-state index contributed by atoms with van der Waals surface area (Å²) in [6, 6.07) is 7.39. The molecule has 0 atom stereocenters. The van der Waals surface area contributed by atoms with E-state index in [1.165, 1.54) is 0 Å². The van der Waals surface area contributed by atoms with E-state index in [0.29, 0.717) is 9.89 Å². The van der Waals surface area contributed by atoms with Crippen LogP contribution in [0, 0.1) is 0 Å². The summed E-state index contributed by atoms with van der Waals surface area (Å²) in [7, 11) is 3.70. The molecule has 1 rings (SSSR count). The molecule has 0 saturated carbocycles. The SMILES string of the molecule is CN(C)/N=C/C(=S)c1ccc(Cl)cc1. The van der Waals surface area contributed by atoms with Crippen molar-refractivity contribution in [3.63, 3.8) is 0 Å². The van der Waals surface area contributed by atoms with Crippen LogP contribution in [0.15, 0.2) is 29.4 Å². The van der Waals surface area contributed by atoms with E-state index in [1.54, 1.807) is 11.2 Å². The summed E-state index contributed by atoms with van der Waals surface area (Å²) in [5.41, 5.74) is 0.954. The van der Waals surface area contributed by atoms with E-state index in [2.05, 4.69) is 5.10 Å². The van der Waals surface area contributed by atoms with E-state index in [1.807, 2.05) is 38.4 Å². The number of thiocarbonyl (C=S) groups is 1. The van der Waals surface area contributed by atoms with Gasteiger partial charge in [0, 0.05) is 19.1 Å². The second kappa shape index (κ2) is 5.08. The van der Waals surface area contributed by atoms with Crippen LogP contribution in [0.1, 0.15) is 5.56 Å². The molecular formula is C10H11ClN2S. The van der Waals surface area contributed by atoms with Gasteiger partial charge in [-0.3, -0.25) is 0 Å². The lowest BCUT2D eigenvalue weighted by Gasteiger charge is -2.03. The van der Waals surface area contributed by atoms with Crippen molar-refractivity contribution in [2.75, 3.05) is 14.1 Å². The fraction of sp³-hybridized carbons (Fsp3) is 0.200. The highest BCUT2D eigenvalue weighted by Gasteiger charge is 1.97. The first kappa shape index (κ1) is 11.1. The van der Waals surface area contributed by atoms with Crippen molar-refractivity contribution in [2.45, 2.75) is 0 Å². The molecule has 0 aromatic heterocycles. The number of hydrazone groups is 1. The van der Waals surface area contributed by atoms with Crippen molar-refractivity contribution in [1.29, 1.82) is 0 Å². The van der Waals surface area contributed by atoms with Gasteiger partial charge in [0.1, 0.15) is 0 Å². The Morgan fingerprint density at radius 1 is 1.36 bits per heavy atom. The van der Waals surface area contributed by atoms with Gasteiger partial charge in [0.05, 0.1) is 11.1 Å². The lowest BCUT2D eigenvalue weighted by atomic mass is 10.2. The molecule has 0 bridgehead atoms. The fourth-order valence-corrected chi connectivity index (χ4v) is 1.17. The van der Waals surface area contributed by atoms with Crippen LogP contribution in [-0.2, 0) is 0 Å². The highest BCUT2D eigenvalue weighted by Crippen LogP contribution is 2.09. The molecule has 4 heteroatoms. The average Bonchev–Trinajstić information content (AvgIpc) is 2.15. The summed E-state index contributed by atoms with van der Waals surface area (Å²) in [5.74, 6) is 0. The average molecular weight is 227 g/mol. The number of hydrogen-bond donors (Lipinski definition) is 0. The predicted octanol–water partition coefficient (Wildman–Crippen LogP) is 2.61. The molecule has 0 unspecified atom stereocenters. The molecule has 74 valence electrons. The molecule has 0 saturated heterocycles. The topological polar surface area (TPSA) is 15.6 Å². The molecule has 0 aliphatic carbocycles. The first-order valence-electron chi connectivity index (χ1n) is 4.11. The normalized spacial score (nSPS) is 10.5. The lowest BCUT2D eigenvalue weighted by Crippen LogP contribution is -2.06. The largest absolute Gasteiger partial charge is 0.303 e. The third-order valence-electron chi connectivity index (χ3n) is 1.53. The Bertz CT molecular complexity index is 344. The Labute approximate surface area is 94.2 Å². The van der Waals surface area contributed by atoms with E-state index < -0.39 is 0 Å². The molecule has 0 N–H and O–H groups in total. The smallest absolute Gasteiger partial charge is 0.0657 e. The number of benzene rings is 1. The van der Waals surface area contributed by atoms with Crippen LogP contribution >= 0.6 is 23.8 Å². The van der Waals surface area contributed by atoms with E-state index in [9.17, 15) is 0 Å². The maximum atomic E-state index is 5.76. The van der Waals surface area contributed by atoms with Crippen molar-refractivity contribution in [3.05, 3.63) is 34.9 Å². The van der Waals surface area contributed by atoms with Gasteiger partial charge >= 0.3 is 0 Å². The van der Waals surface area contributed by atoms with Gasteiger partial charge in [0.25, 0.3) is 0 Å². The predicted molar refractivity (Wildman–Crippen MR) is 65.3 cm³/mol. The van der Waals surface area contributed by atoms with E-state index in [4.69, 9.17) is 23.8 Å². The summed E-state index contributed by atoms with van der Waals surface area (Å²) >= 11 is 10.9. The second-order valence-electron chi connectivity index (χ2n) is 2.96. The van der Waals surface area contributed by atoms with E-state index >= 15 is 0 Å². The van der Waals surface area contributed by atoms with Crippen molar-refractivity contribution < 1.29 is 0 Å². The fourth-order valence-electron chi connectivity index (χ4n) is 0.857. The quantitative estimate of drug-likeness (QED) is 0.341. The van der Waals surface area contributed by atoms with Gasteiger partial charge in [-0.25, -0.2) is 0 Å². The van der Waals surface area contributed by atoms with Crippen LogP contribution in [0.5, 0.6) is 0 Å². The molecule has 0 radical (unpaired) electrons. The molecule has 1 aromatic rings. The lowest BCUT2D eigenvalue weighted by molar-refractivity contribution is 0.441. The second-order valence-corrected chi connectivity index (χ2v) is 3.84. The Balaban J connectivity index is 2.75. The number of rotatable bonds is 3. The monoisotopic (exact) mass is 226 g/mol. The van der Waals surface area contributed by atoms with Gasteiger partial charge in [-0.15, -0.1) is 0 Å². The highest BCUT2D eigenvalue weighted by atomic mass is 35.5. The molecule has 0 spiro atoms. The first-order valence-corrected chi connectivity index (χ1v) is 4.89. The molecule has 0 fully saturated rings. The molecule has 0 amide bonds. The zero-order chi connectivity index (χ0) is 10.6. The summed E-state index contributed by atoms with van der Waals surface area (Å²) in [6.07, 6.45) is 1.65. The standard InChI is InChI=1S/C10H11ClN2S/c1-13(2)12-7-10(14)8-3-5-9(11)6-4-8/h3-7H,1-2H3/b12-7+. The maximum absolute atomic E-state index is 5.76. The minimum absolute atomic E-state index is 0.704. The summed E-state index contributed by atoms with van der Waals surface area (Å²) < 4.78 is 0. The Morgan fingerprint density at radius 3 is 2.43 bits per heavy atom. The Kier molecular flexibility index (Phi) is 4.04. The maximum Gasteiger partial charge on any atom is 0.0657 e. The van der Waals surface area contributed by atoms with Gasteiger partial charge in [-0.05, 0) is 17.7 Å². The zero-order valence-electron chi connectivity index (χ0n) is 8.07. The molecule has 1 aromatic carbocycles. The van der Waals surface area contributed by atoms with Crippen molar-refractivity contribution >= 4 is 34.9 Å². The molecule has 14 heavy (non-hydrogen) atoms. The first-order chi connectivity index (χ1) is 6.59. The summed E-state index contributed by atoms with van der Waals surface area (Å²) in [4.78, 5) is 0.704. The molecule has 0 heterocycles. The van der Waals surface area contributed by atoms with Crippen molar-refractivity contribution in [1.82, 2.24) is 5.01 Å². The van der Waals surface area contributed by atoms with Gasteiger partial charge in [0.15, 0.2) is 0 Å². The Morgan fingerprint density at radius 2 is 1.93 bits per heavy atom. The molecule has 0 aliphatic rings. The minimum atomic E-state index is 0.704. The van der Waals surface area contributed by atoms with E-state index in [-0.39, 0.29) is 0 Å². The van der Waals surface area contributed by atoms with E-state index in [0.717, 1.165) is 5.56 Å². The van der Waals surface area contributed by atoms with Gasteiger partial charge in [-0.2, -0.15) is 5.10 Å². The van der Waals surface area contributed by atoms with Crippen molar-refractivity contribution in [3.8, 4) is 0 Å². The van der Waals surface area contributed by atoms with Gasteiger partial charge in [-0.1, -0.05) is 36.0 Å². The molecule has 2 nitrogen and oxygen atoms in total. The van der Waals surface area contributed by atoms with Crippen LogP contribution in [0.2, 0.25) is 5.02 Å². The highest BCUT2D eigenvalue weighted by molar-refractivity contribution is 7.82. The molecular weight excluding hydrogens is 216 g/mol. The van der Waals surface area contributed by atoms with Crippen molar-refractivity contribution in [2.24, 2.45) is 5.10 Å². The number of halogens is 1. The molecule has 0 aliphatic heterocycles. The van der Waals surface area contributed by atoms with Crippen LogP contribution in [-0.4, -0.2) is 30.2 Å². The Hall–Kier alpha value is -0.930.